The van der Waals surface area contributed by atoms with Gasteiger partial charge >= 0.3 is 0 Å². The Morgan fingerprint density at radius 3 is 2.28 bits per heavy atom. The molecule has 7 nitrogen and oxygen atoms in total. The molecule has 1 aromatic heterocycles. The van der Waals surface area contributed by atoms with Gasteiger partial charge in [-0.1, -0.05) is 29.8 Å². The van der Waals surface area contributed by atoms with Gasteiger partial charge in [-0.25, -0.2) is 18.5 Å². The Morgan fingerprint density at radius 2 is 1.68 bits per heavy atom. The van der Waals surface area contributed by atoms with E-state index in [4.69, 9.17) is 22.5 Å². The van der Waals surface area contributed by atoms with Crippen LogP contribution in [0.25, 0.3) is 11.1 Å². The molecule has 0 bridgehead atoms. The van der Waals surface area contributed by atoms with Crippen molar-refractivity contribution < 1.29 is 8.42 Å². The quantitative estimate of drug-likeness (QED) is 0.644. The number of benzene rings is 2. The van der Waals surface area contributed by atoms with E-state index in [0.29, 0.717) is 16.3 Å². The maximum absolute atomic E-state index is 11.3. The third kappa shape index (κ3) is 3.87. The average Bonchev–Trinajstić information content (AvgIpc) is 2.56. The Kier molecular flexibility index (Phi) is 4.58. The molecule has 0 aliphatic rings. The zero-order valence-electron chi connectivity index (χ0n) is 12.8. The molecular weight excluding hydrogens is 362 g/mol. The molecule has 0 atom stereocenters. The lowest BCUT2D eigenvalue weighted by Crippen LogP contribution is -2.11. The van der Waals surface area contributed by atoms with E-state index in [1.807, 2.05) is 18.2 Å². The van der Waals surface area contributed by atoms with Crippen LogP contribution in [0.15, 0.2) is 59.6 Å². The fraction of sp³-hybridized carbons (Fsp3) is 0. The number of aromatic nitrogens is 2. The SMILES string of the molecule is Nc1nc(Nc2ccc(S(N)(=O)=O)cc2)ncc1-c1ccccc1Cl. The Morgan fingerprint density at radius 1 is 1.00 bits per heavy atom. The summed E-state index contributed by atoms with van der Waals surface area (Å²) >= 11 is 6.17. The number of hydrogen-bond acceptors (Lipinski definition) is 6. The zero-order valence-corrected chi connectivity index (χ0v) is 14.4. The first-order valence-electron chi connectivity index (χ1n) is 7.12. The van der Waals surface area contributed by atoms with E-state index in [1.54, 1.807) is 24.4 Å². The number of hydrogen-bond donors (Lipinski definition) is 3. The van der Waals surface area contributed by atoms with Gasteiger partial charge in [0.2, 0.25) is 16.0 Å². The fourth-order valence-electron chi connectivity index (χ4n) is 2.20. The first-order chi connectivity index (χ1) is 11.8. The molecule has 3 aromatic rings. The van der Waals surface area contributed by atoms with Crippen molar-refractivity contribution in [3.63, 3.8) is 0 Å². The molecule has 25 heavy (non-hydrogen) atoms. The minimum Gasteiger partial charge on any atom is -0.383 e. The summed E-state index contributed by atoms with van der Waals surface area (Å²) in [4.78, 5) is 8.45. The summed E-state index contributed by atoms with van der Waals surface area (Å²) in [5, 5.41) is 8.56. The molecule has 0 unspecified atom stereocenters. The maximum Gasteiger partial charge on any atom is 0.238 e. The van der Waals surface area contributed by atoms with Crippen LogP contribution in [-0.2, 0) is 10.0 Å². The maximum atomic E-state index is 11.3. The molecule has 0 amide bonds. The Hall–Kier alpha value is -2.68. The molecule has 0 aliphatic carbocycles. The van der Waals surface area contributed by atoms with Crippen LogP contribution in [0.4, 0.5) is 17.5 Å². The minimum atomic E-state index is -3.73. The largest absolute Gasteiger partial charge is 0.383 e. The Bertz CT molecular complexity index is 1020. The molecule has 0 saturated carbocycles. The first kappa shape index (κ1) is 17.2. The van der Waals surface area contributed by atoms with Gasteiger partial charge in [-0.15, -0.1) is 0 Å². The highest BCUT2D eigenvalue weighted by atomic mass is 35.5. The summed E-state index contributed by atoms with van der Waals surface area (Å²) in [7, 11) is -3.73. The number of primary sulfonamides is 1. The van der Waals surface area contributed by atoms with E-state index >= 15 is 0 Å². The van der Waals surface area contributed by atoms with E-state index in [1.165, 1.54) is 12.1 Å². The molecule has 3 rings (SSSR count). The van der Waals surface area contributed by atoms with Crippen molar-refractivity contribution >= 4 is 39.1 Å². The minimum absolute atomic E-state index is 0.0209. The van der Waals surface area contributed by atoms with Gasteiger partial charge in [0.1, 0.15) is 5.82 Å². The Labute approximate surface area is 149 Å². The highest BCUT2D eigenvalue weighted by Gasteiger charge is 2.11. The molecule has 1 heterocycles. The summed E-state index contributed by atoms with van der Waals surface area (Å²) in [6.45, 7) is 0. The summed E-state index contributed by atoms with van der Waals surface area (Å²) in [5.74, 6) is 0.545. The van der Waals surface area contributed by atoms with Crippen LogP contribution in [0, 0.1) is 0 Å². The van der Waals surface area contributed by atoms with Crippen LogP contribution in [0.5, 0.6) is 0 Å². The normalized spacial score (nSPS) is 11.3. The van der Waals surface area contributed by atoms with Gasteiger partial charge in [-0.05, 0) is 30.3 Å². The second kappa shape index (κ2) is 6.67. The van der Waals surface area contributed by atoms with E-state index in [9.17, 15) is 8.42 Å². The van der Waals surface area contributed by atoms with Crippen molar-refractivity contribution in [2.24, 2.45) is 5.14 Å². The van der Waals surface area contributed by atoms with E-state index in [-0.39, 0.29) is 16.7 Å². The smallest absolute Gasteiger partial charge is 0.238 e. The van der Waals surface area contributed by atoms with Crippen LogP contribution in [0.3, 0.4) is 0 Å². The second-order valence-corrected chi connectivity index (χ2v) is 7.14. The lowest BCUT2D eigenvalue weighted by Gasteiger charge is -2.10. The lowest BCUT2D eigenvalue weighted by atomic mass is 10.1. The number of nitrogens with one attached hydrogen (secondary N) is 1. The zero-order chi connectivity index (χ0) is 18.0. The number of anilines is 3. The van der Waals surface area contributed by atoms with Gasteiger partial charge in [-0.3, -0.25) is 0 Å². The topological polar surface area (TPSA) is 124 Å². The summed E-state index contributed by atoms with van der Waals surface area (Å²) in [6.07, 6.45) is 1.57. The molecule has 128 valence electrons. The number of halogens is 1. The van der Waals surface area contributed by atoms with Gasteiger partial charge < -0.3 is 11.1 Å². The van der Waals surface area contributed by atoms with Crippen LogP contribution in [0.2, 0.25) is 5.02 Å². The fourth-order valence-corrected chi connectivity index (χ4v) is 2.95. The number of nitrogens with two attached hydrogens (primary N) is 2. The van der Waals surface area contributed by atoms with Gasteiger partial charge in [0.15, 0.2) is 0 Å². The van der Waals surface area contributed by atoms with Crippen molar-refractivity contribution in [2.75, 3.05) is 11.1 Å². The van der Waals surface area contributed by atoms with E-state index < -0.39 is 10.0 Å². The molecule has 0 spiro atoms. The predicted octanol–water partition coefficient (Wildman–Crippen LogP) is 2.77. The lowest BCUT2D eigenvalue weighted by molar-refractivity contribution is 0.598. The van der Waals surface area contributed by atoms with Crippen LogP contribution in [-0.4, -0.2) is 18.4 Å². The standard InChI is InChI=1S/C16H14ClN5O2S/c17-14-4-2-1-3-12(14)13-9-20-16(22-15(13)18)21-10-5-7-11(8-6-10)25(19,23)24/h1-9H,(H2,19,23,24)(H3,18,20,21,22). The summed E-state index contributed by atoms with van der Waals surface area (Å²) in [5.41, 5.74) is 7.97. The molecule has 5 N–H and O–H groups in total. The summed E-state index contributed by atoms with van der Waals surface area (Å²) in [6, 6.07) is 13.1. The molecule has 0 radical (unpaired) electrons. The van der Waals surface area contributed by atoms with Gasteiger partial charge in [-0.2, -0.15) is 4.98 Å². The molecule has 0 fully saturated rings. The molecule has 0 saturated heterocycles. The molecule has 9 heteroatoms. The number of nitrogens with zero attached hydrogens (tertiary/aromatic N) is 2. The Balaban J connectivity index is 1.85. The van der Waals surface area contributed by atoms with Crippen LogP contribution >= 0.6 is 11.6 Å². The average molecular weight is 376 g/mol. The molecule has 0 aliphatic heterocycles. The summed E-state index contributed by atoms with van der Waals surface area (Å²) < 4.78 is 22.5. The second-order valence-electron chi connectivity index (χ2n) is 5.17. The molecule has 2 aromatic carbocycles. The van der Waals surface area contributed by atoms with Crippen molar-refractivity contribution in [2.45, 2.75) is 4.90 Å². The van der Waals surface area contributed by atoms with Crippen molar-refractivity contribution in [3.05, 3.63) is 59.8 Å². The van der Waals surface area contributed by atoms with E-state index in [2.05, 4.69) is 15.3 Å². The number of rotatable bonds is 4. The highest BCUT2D eigenvalue weighted by Crippen LogP contribution is 2.31. The predicted molar refractivity (Wildman–Crippen MR) is 98.0 cm³/mol. The van der Waals surface area contributed by atoms with Gasteiger partial charge in [0.25, 0.3) is 0 Å². The third-order valence-corrected chi connectivity index (χ3v) is 4.68. The van der Waals surface area contributed by atoms with Crippen molar-refractivity contribution in [1.82, 2.24) is 9.97 Å². The number of sulfonamides is 1. The van der Waals surface area contributed by atoms with Crippen molar-refractivity contribution in [3.8, 4) is 11.1 Å². The highest BCUT2D eigenvalue weighted by molar-refractivity contribution is 7.89. The van der Waals surface area contributed by atoms with Gasteiger partial charge in [0.05, 0.1) is 4.90 Å². The van der Waals surface area contributed by atoms with Gasteiger partial charge in [0, 0.05) is 28.0 Å². The molecular formula is C16H14ClN5O2S. The number of nitrogen functional groups attached to an aromatic ring is 1. The van der Waals surface area contributed by atoms with Crippen molar-refractivity contribution in [1.29, 1.82) is 0 Å². The monoisotopic (exact) mass is 375 g/mol. The van der Waals surface area contributed by atoms with Crippen LogP contribution in [0.1, 0.15) is 0 Å². The third-order valence-electron chi connectivity index (χ3n) is 3.42. The first-order valence-corrected chi connectivity index (χ1v) is 9.04. The van der Waals surface area contributed by atoms with E-state index in [0.717, 1.165) is 5.56 Å². The van der Waals surface area contributed by atoms with Crippen LogP contribution < -0.4 is 16.2 Å².